The Morgan fingerprint density at radius 3 is 2.60 bits per heavy atom. The smallest absolute Gasteiger partial charge is 0.243 e. The van der Waals surface area contributed by atoms with Gasteiger partial charge in [0.15, 0.2) is 0 Å². The van der Waals surface area contributed by atoms with Gasteiger partial charge in [-0.1, -0.05) is 23.8 Å². The van der Waals surface area contributed by atoms with E-state index in [1.165, 1.54) is 0 Å². The third-order valence-corrected chi connectivity index (χ3v) is 6.26. The van der Waals surface area contributed by atoms with Crippen molar-refractivity contribution in [3.8, 4) is 5.88 Å². The molecule has 0 amide bonds. The Morgan fingerprint density at radius 2 is 1.92 bits per heavy atom. The highest BCUT2D eigenvalue weighted by Crippen LogP contribution is 2.39. The van der Waals surface area contributed by atoms with E-state index in [4.69, 9.17) is 4.74 Å². The molecule has 0 aliphatic carbocycles. The summed E-state index contributed by atoms with van der Waals surface area (Å²) in [5.74, 6) is 0.522. The van der Waals surface area contributed by atoms with E-state index in [9.17, 15) is 8.42 Å². The zero-order chi connectivity index (χ0) is 18.0. The second-order valence-corrected chi connectivity index (χ2v) is 8.54. The summed E-state index contributed by atoms with van der Waals surface area (Å²) in [4.78, 5) is 4.65. The van der Waals surface area contributed by atoms with E-state index in [2.05, 4.69) is 4.98 Å². The lowest BCUT2D eigenvalue weighted by Crippen LogP contribution is -2.31. The van der Waals surface area contributed by atoms with E-state index in [0.717, 1.165) is 24.0 Å². The number of hydrogen-bond donors (Lipinski definition) is 0. The first kappa shape index (κ1) is 17.9. The Labute approximate surface area is 149 Å². The summed E-state index contributed by atoms with van der Waals surface area (Å²) in [5.41, 5.74) is 1.88. The van der Waals surface area contributed by atoms with Gasteiger partial charge in [0.25, 0.3) is 0 Å². The van der Waals surface area contributed by atoms with Crippen LogP contribution >= 0.6 is 0 Å². The average molecular weight is 360 g/mol. The quantitative estimate of drug-likeness (QED) is 0.816. The molecule has 1 saturated heterocycles. The SMILES string of the molecule is Cc1ccc(S(=O)(=O)N2CCC[C@@H]2c2cccnc2OC(C)C)cc1. The fraction of sp³-hybridized carbons (Fsp3) is 0.421. The van der Waals surface area contributed by atoms with Crippen molar-refractivity contribution in [1.29, 1.82) is 0 Å². The van der Waals surface area contributed by atoms with E-state index in [1.54, 1.807) is 22.6 Å². The zero-order valence-electron chi connectivity index (χ0n) is 14.8. The maximum absolute atomic E-state index is 13.1. The minimum atomic E-state index is -3.55. The molecule has 1 aliphatic heterocycles. The van der Waals surface area contributed by atoms with E-state index >= 15 is 0 Å². The van der Waals surface area contributed by atoms with Crippen molar-refractivity contribution in [2.45, 2.75) is 50.7 Å². The lowest BCUT2D eigenvalue weighted by atomic mass is 10.1. The number of nitrogens with zero attached hydrogens (tertiary/aromatic N) is 2. The van der Waals surface area contributed by atoms with Crippen LogP contribution in [0.25, 0.3) is 0 Å². The first-order valence-electron chi connectivity index (χ1n) is 8.59. The van der Waals surface area contributed by atoms with Crippen LogP contribution in [0, 0.1) is 6.92 Å². The van der Waals surface area contributed by atoms with Gasteiger partial charge in [-0.2, -0.15) is 4.31 Å². The molecule has 134 valence electrons. The van der Waals surface area contributed by atoms with Crippen molar-refractivity contribution in [1.82, 2.24) is 9.29 Å². The summed E-state index contributed by atoms with van der Waals surface area (Å²) in [7, 11) is -3.55. The molecule has 5 nitrogen and oxygen atoms in total. The molecular weight excluding hydrogens is 336 g/mol. The molecule has 1 atom stereocenters. The molecule has 2 aromatic rings. The molecule has 0 saturated carbocycles. The third kappa shape index (κ3) is 3.70. The molecule has 2 heterocycles. The van der Waals surface area contributed by atoms with Crippen molar-refractivity contribution in [3.05, 3.63) is 53.7 Å². The number of ether oxygens (including phenoxy) is 1. The van der Waals surface area contributed by atoms with Crippen LogP contribution in [0.2, 0.25) is 0 Å². The van der Waals surface area contributed by atoms with Gasteiger partial charge in [0, 0.05) is 18.3 Å². The van der Waals surface area contributed by atoms with Crippen LogP contribution < -0.4 is 4.74 Å². The van der Waals surface area contributed by atoms with Crippen molar-refractivity contribution in [3.63, 3.8) is 0 Å². The van der Waals surface area contributed by atoms with Gasteiger partial charge in [-0.15, -0.1) is 0 Å². The zero-order valence-corrected chi connectivity index (χ0v) is 15.7. The molecule has 1 aromatic carbocycles. The number of sulfonamides is 1. The van der Waals surface area contributed by atoms with Gasteiger partial charge >= 0.3 is 0 Å². The number of hydrogen-bond acceptors (Lipinski definition) is 4. The highest BCUT2D eigenvalue weighted by Gasteiger charge is 2.37. The molecule has 0 N–H and O–H groups in total. The molecule has 25 heavy (non-hydrogen) atoms. The van der Waals surface area contributed by atoms with Crippen molar-refractivity contribution in [2.75, 3.05) is 6.54 Å². The Kier molecular flexibility index (Phi) is 5.11. The summed E-state index contributed by atoms with van der Waals surface area (Å²) in [6.07, 6.45) is 3.25. The fourth-order valence-electron chi connectivity index (χ4n) is 3.16. The number of pyridine rings is 1. The fourth-order valence-corrected chi connectivity index (χ4v) is 4.84. The van der Waals surface area contributed by atoms with Gasteiger partial charge in [0.2, 0.25) is 15.9 Å². The second kappa shape index (κ2) is 7.14. The summed E-state index contributed by atoms with van der Waals surface area (Å²) in [6.45, 7) is 6.33. The highest BCUT2D eigenvalue weighted by molar-refractivity contribution is 7.89. The first-order valence-corrected chi connectivity index (χ1v) is 10.0. The standard InChI is InChI=1S/C19H24N2O3S/c1-14(2)24-19-17(6-4-12-20-19)18-7-5-13-21(18)25(22,23)16-10-8-15(3)9-11-16/h4,6,8-12,14,18H,5,7,13H2,1-3H3/t18-/m1/s1. The summed E-state index contributed by atoms with van der Waals surface area (Å²) >= 11 is 0. The van der Waals surface area contributed by atoms with Crippen LogP contribution in [-0.2, 0) is 10.0 Å². The Balaban J connectivity index is 1.97. The van der Waals surface area contributed by atoms with Gasteiger partial charge in [0.05, 0.1) is 17.0 Å². The van der Waals surface area contributed by atoms with E-state index < -0.39 is 10.0 Å². The molecular formula is C19H24N2O3S. The number of benzene rings is 1. The Morgan fingerprint density at radius 1 is 1.20 bits per heavy atom. The molecule has 6 heteroatoms. The van der Waals surface area contributed by atoms with Gasteiger partial charge in [-0.25, -0.2) is 13.4 Å². The van der Waals surface area contributed by atoms with E-state index in [0.29, 0.717) is 17.3 Å². The maximum atomic E-state index is 13.1. The molecule has 1 aromatic heterocycles. The number of rotatable bonds is 5. The summed E-state index contributed by atoms with van der Waals surface area (Å²) in [5, 5.41) is 0. The Bertz CT molecular complexity index is 832. The molecule has 0 unspecified atom stereocenters. The average Bonchev–Trinajstić information content (AvgIpc) is 3.05. The molecule has 1 fully saturated rings. The van der Waals surface area contributed by atoms with E-state index in [-0.39, 0.29) is 12.1 Å². The molecule has 0 radical (unpaired) electrons. The normalized spacial score (nSPS) is 18.6. The van der Waals surface area contributed by atoms with Gasteiger partial charge in [-0.05, 0) is 51.8 Å². The van der Waals surface area contributed by atoms with E-state index in [1.807, 2.05) is 45.0 Å². The van der Waals surface area contributed by atoms with Crippen molar-refractivity contribution < 1.29 is 13.2 Å². The monoisotopic (exact) mass is 360 g/mol. The first-order chi connectivity index (χ1) is 11.9. The van der Waals surface area contributed by atoms with Crippen molar-refractivity contribution >= 4 is 10.0 Å². The highest BCUT2D eigenvalue weighted by atomic mass is 32.2. The van der Waals surface area contributed by atoms with Crippen LogP contribution in [0.3, 0.4) is 0 Å². The summed E-state index contributed by atoms with van der Waals surface area (Å²) in [6, 6.07) is 10.5. The van der Waals surface area contributed by atoms with Crippen LogP contribution in [0.5, 0.6) is 5.88 Å². The van der Waals surface area contributed by atoms with Crippen LogP contribution in [-0.4, -0.2) is 30.4 Å². The topological polar surface area (TPSA) is 59.5 Å². The predicted octanol–water partition coefficient (Wildman–Crippen LogP) is 3.70. The maximum Gasteiger partial charge on any atom is 0.243 e. The van der Waals surface area contributed by atoms with Gasteiger partial charge in [0.1, 0.15) is 0 Å². The predicted molar refractivity (Wildman–Crippen MR) is 97.0 cm³/mol. The summed E-state index contributed by atoms with van der Waals surface area (Å²) < 4.78 is 33.6. The van der Waals surface area contributed by atoms with Crippen molar-refractivity contribution in [2.24, 2.45) is 0 Å². The largest absolute Gasteiger partial charge is 0.475 e. The molecule has 0 spiro atoms. The van der Waals surface area contributed by atoms with Crippen LogP contribution in [0.15, 0.2) is 47.5 Å². The number of aryl methyl sites for hydroxylation is 1. The third-order valence-electron chi connectivity index (χ3n) is 4.34. The lowest BCUT2D eigenvalue weighted by molar-refractivity contribution is 0.225. The van der Waals surface area contributed by atoms with Crippen LogP contribution in [0.1, 0.15) is 43.9 Å². The Hall–Kier alpha value is -1.92. The molecule has 3 rings (SSSR count). The minimum absolute atomic E-state index is 0.0165. The minimum Gasteiger partial charge on any atom is -0.475 e. The lowest BCUT2D eigenvalue weighted by Gasteiger charge is -2.26. The second-order valence-electron chi connectivity index (χ2n) is 6.65. The molecule has 1 aliphatic rings. The van der Waals surface area contributed by atoms with Gasteiger partial charge in [-0.3, -0.25) is 0 Å². The molecule has 0 bridgehead atoms. The number of aromatic nitrogens is 1. The van der Waals surface area contributed by atoms with Gasteiger partial charge < -0.3 is 4.74 Å². The van der Waals surface area contributed by atoms with Crippen LogP contribution in [0.4, 0.5) is 0 Å².